The average Bonchev–Trinajstić information content (AvgIpc) is 3.14. The highest BCUT2D eigenvalue weighted by molar-refractivity contribution is 6.99. The van der Waals surface area contributed by atoms with Crippen LogP contribution in [0.5, 0.6) is 0 Å². The minimum atomic E-state index is -0.125. The molecule has 2 aliphatic rings. The normalized spacial score (nSPS) is 14.9. The largest absolute Gasteiger partial charge is 0.310 e. The Kier molecular flexibility index (Phi) is 3.00. The number of nitrogens with zero attached hydrogens (tertiary/aromatic N) is 2. The van der Waals surface area contributed by atoms with E-state index in [1.807, 2.05) is 6.07 Å². The molecule has 0 fully saturated rings. The fourth-order valence-electron chi connectivity index (χ4n) is 6.19. The molecule has 1 aromatic heterocycles. The van der Waals surface area contributed by atoms with Crippen LogP contribution in [0.4, 0.5) is 0 Å². The second-order valence-electron chi connectivity index (χ2n) is 9.31. The monoisotopic (exact) mass is 394 g/mol. The first kappa shape index (κ1) is 17.0. The highest BCUT2D eigenvalue weighted by atomic mass is 15.0. The smallest absolute Gasteiger partial charge is 0.247 e. The summed E-state index contributed by atoms with van der Waals surface area (Å²) in [6.45, 7) is 4.77. The van der Waals surface area contributed by atoms with Crippen molar-refractivity contribution in [2.24, 2.45) is 0 Å². The van der Waals surface area contributed by atoms with Gasteiger partial charge in [0.15, 0.2) is 0 Å². The van der Waals surface area contributed by atoms with Crippen molar-refractivity contribution in [1.29, 1.82) is 5.26 Å². The first-order chi connectivity index (χ1) is 15.1. The third-order valence-electron chi connectivity index (χ3n) is 7.49. The summed E-state index contributed by atoms with van der Waals surface area (Å²) in [5.41, 5.74) is 11.1. The Bertz CT molecular complexity index is 1630. The minimum Gasteiger partial charge on any atom is -0.310 e. The van der Waals surface area contributed by atoms with E-state index in [0.29, 0.717) is 0 Å². The standard InChI is InChI=1S/C28H19BN2/c1-28(2)20-14-13-17(16-30)15-23(20)29-22-10-5-8-19-18-7-3-4-11-24(18)31(27(19)22)25-12-6-9-21(28)26(25)29/h3-15H,1-2H3. The Morgan fingerprint density at radius 3 is 2.48 bits per heavy atom. The number of rotatable bonds is 0. The van der Waals surface area contributed by atoms with E-state index in [0.717, 1.165) is 5.56 Å². The molecular weight excluding hydrogens is 375 g/mol. The molecule has 4 aromatic carbocycles. The zero-order chi connectivity index (χ0) is 20.9. The summed E-state index contributed by atoms with van der Waals surface area (Å²) in [5, 5.41) is 12.2. The van der Waals surface area contributed by atoms with Crippen LogP contribution in [0.15, 0.2) is 78.9 Å². The molecule has 0 bridgehead atoms. The first-order valence-electron chi connectivity index (χ1n) is 10.8. The molecule has 0 N–H and O–H groups in total. The summed E-state index contributed by atoms with van der Waals surface area (Å²) in [6.07, 6.45) is 0. The van der Waals surface area contributed by atoms with Gasteiger partial charge in [-0.2, -0.15) is 5.26 Å². The van der Waals surface area contributed by atoms with Crippen LogP contribution in [-0.4, -0.2) is 11.3 Å². The molecule has 7 rings (SSSR count). The van der Waals surface area contributed by atoms with Crippen LogP contribution in [-0.2, 0) is 5.41 Å². The van der Waals surface area contributed by atoms with Crippen molar-refractivity contribution in [3.63, 3.8) is 0 Å². The van der Waals surface area contributed by atoms with Gasteiger partial charge < -0.3 is 4.57 Å². The maximum atomic E-state index is 9.64. The average molecular weight is 394 g/mol. The Morgan fingerprint density at radius 1 is 0.806 bits per heavy atom. The van der Waals surface area contributed by atoms with Crippen molar-refractivity contribution in [1.82, 2.24) is 4.57 Å². The van der Waals surface area contributed by atoms with Gasteiger partial charge in [0.1, 0.15) is 0 Å². The summed E-state index contributed by atoms with van der Waals surface area (Å²) in [6, 6.07) is 30.8. The number of hydrogen-bond acceptors (Lipinski definition) is 1. The molecule has 144 valence electrons. The van der Waals surface area contributed by atoms with Crippen LogP contribution in [0.1, 0.15) is 30.5 Å². The molecule has 3 heterocycles. The summed E-state index contributed by atoms with van der Waals surface area (Å²) >= 11 is 0. The lowest BCUT2D eigenvalue weighted by Gasteiger charge is -2.41. The predicted molar refractivity (Wildman–Crippen MR) is 129 cm³/mol. The van der Waals surface area contributed by atoms with Gasteiger partial charge in [0.25, 0.3) is 0 Å². The third-order valence-corrected chi connectivity index (χ3v) is 7.49. The summed E-state index contributed by atoms with van der Waals surface area (Å²) in [4.78, 5) is 0. The molecule has 2 nitrogen and oxygen atoms in total. The lowest BCUT2D eigenvalue weighted by atomic mass is 9.30. The fraction of sp³-hybridized carbons (Fsp3) is 0.107. The van der Waals surface area contributed by atoms with E-state index in [1.54, 1.807) is 0 Å². The third kappa shape index (κ3) is 1.89. The first-order valence-corrected chi connectivity index (χ1v) is 10.8. The van der Waals surface area contributed by atoms with E-state index in [9.17, 15) is 5.26 Å². The zero-order valence-corrected chi connectivity index (χ0v) is 17.5. The van der Waals surface area contributed by atoms with Crippen molar-refractivity contribution in [2.75, 3.05) is 0 Å². The van der Waals surface area contributed by atoms with Crippen LogP contribution < -0.4 is 16.4 Å². The van der Waals surface area contributed by atoms with Crippen molar-refractivity contribution >= 4 is 44.9 Å². The molecule has 0 spiro atoms. The Hall–Kier alpha value is -3.77. The van der Waals surface area contributed by atoms with Gasteiger partial charge >= 0.3 is 0 Å². The SMILES string of the molecule is CC1(C)c2ccc(C#N)cc2B2c3c(cccc31)-n1c3ccccc3c3cccc2c31. The number of benzene rings is 4. The molecule has 0 atom stereocenters. The maximum Gasteiger partial charge on any atom is 0.247 e. The van der Waals surface area contributed by atoms with Gasteiger partial charge in [-0.15, -0.1) is 0 Å². The van der Waals surface area contributed by atoms with Gasteiger partial charge in [-0.3, -0.25) is 0 Å². The maximum absolute atomic E-state index is 9.64. The van der Waals surface area contributed by atoms with E-state index in [2.05, 4.69) is 97.3 Å². The van der Waals surface area contributed by atoms with Gasteiger partial charge in [-0.05, 0) is 46.3 Å². The van der Waals surface area contributed by atoms with Crippen molar-refractivity contribution < 1.29 is 0 Å². The van der Waals surface area contributed by atoms with Crippen LogP contribution in [0, 0.1) is 11.3 Å². The number of para-hydroxylation sites is 2. The molecule has 0 unspecified atom stereocenters. The van der Waals surface area contributed by atoms with E-state index < -0.39 is 0 Å². The second kappa shape index (κ2) is 5.48. The van der Waals surface area contributed by atoms with Crippen LogP contribution in [0.25, 0.3) is 27.5 Å². The Balaban J connectivity index is 1.74. The van der Waals surface area contributed by atoms with E-state index in [-0.39, 0.29) is 12.1 Å². The Morgan fingerprint density at radius 2 is 1.61 bits per heavy atom. The number of hydrogen-bond donors (Lipinski definition) is 0. The fourth-order valence-corrected chi connectivity index (χ4v) is 6.19. The number of fused-ring (bicyclic) bond motifs is 7. The summed E-state index contributed by atoms with van der Waals surface area (Å²) in [7, 11) is 0. The Labute approximate surface area is 181 Å². The lowest BCUT2D eigenvalue weighted by molar-refractivity contribution is 0.645. The van der Waals surface area contributed by atoms with Gasteiger partial charge in [0, 0.05) is 27.4 Å². The molecule has 5 aromatic rings. The van der Waals surface area contributed by atoms with E-state index in [1.165, 1.54) is 55.0 Å². The molecular formula is C28H19BN2. The van der Waals surface area contributed by atoms with Gasteiger partial charge in [-0.25, -0.2) is 0 Å². The molecule has 0 saturated carbocycles. The molecule has 2 aliphatic heterocycles. The van der Waals surface area contributed by atoms with Crippen molar-refractivity contribution in [3.8, 4) is 11.8 Å². The molecule has 0 saturated heterocycles. The van der Waals surface area contributed by atoms with Gasteiger partial charge in [-0.1, -0.05) is 73.9 Å². The predicted octanol–water partition coefficient (Wildman–Crippen LogP) is 4.12. The minimum absolute atomic E-state index is 0.125. The number of nitriles is 1. The summed E-state index contributed by atoms with van der Waals surface area (Å²) < 4.78 is 2.46. The van der Waals surface area contributed by atoms with Crippen LogP contribution in [0.2, 0.25) is 0 Å². The number of aromatic nitrogens is 1. The quantitative estimate of drug-likeness (QED) is 0.356. The van der Waals surface area contributed by atoms with Gasteiger partial charge in [0.05, 0.1) is 17.1 Å². The summed E-state index contributed by atoms with van der Waals surface area (Å²) in [5.74, 6) is 0. The molecule has 0 aliphatic carbocycles. The zero-order valence-electron chi connectivity index (χ0n) is 17.5. The lowest BCUT2D eigenvalue weighted by Crippen LogP contribution is -2.63. The van der Waals surface area contributed by atoms with Gasteiger partial charge in [0.2, 0.25) is 6.71 Å². The van der Waals surface area contributed by atoms with Crippen LogP contribution in [0.3, 0.4) is 0 Å². The van der Waals surface area contributed by atoms with Crippen molar-refractivity contribution in [3.05, 3.63) is 95.6 Å². The van der Waals surface area contributed by atoms with E-state index in [4.69, 9.17) is 0 Å². The topological polar surface area (TPSA) is 28.7 Å². The van der Waals surface area contributed by atoms with Crippen molar-refractivity contribution in [2.45, 2.75) is 19.3 Å². The van der Waals surface area contributed by atoms with E-state index >= 15 is 0 Å². The molecule has 0 amide bonds. The molecule has 0 radical (unpaired) electrons. The second-order valence-corrected chi connectivity index (χ2v) is 9.31. The molecule has 31 heavy (non-hydrogen) atoms. The van der Waals surface area contributed by atoms with Crippen LogP contribution >= 0.6 is 0 Å². The highest BCUT2D eigenvalue weighted by Crippen LogP contribution is 2.39. The highest BCUT2D eigenvalue weighted by Gasteiger charge is 2.44. The molecule has 3 heteroatoms.